The van der Waals surface area contributed by atoms with Gasteiger partial charge in [-0.3, -0.25) is 0 Å². The van der Waals surface area contributed by atoms with Crippen LogP contribution in [-0.4, -0.2) is 13.7 Å². The highest BCUT2D eigenvalue weighted by atomic mass is 16.5. The Morgan fingerprint density at radius 1 is 1.40 bits per heavy atom. The van der Waals surface area contributed by atoms with Crippen molar-refractivity contribution in [2.75, 3.05) is 13.7 Å². The predicted octanol–water partition coefficient (Wildman–Crippen LogP) is 3.02. The molecule has 0 spiro atoms. The molecule has 0 unspecified atom stereocenters. The molecule has 0 saturated carbocycles. The Kier molecular flexibility index (Phi) is 14.2. The van der Waals surface area contributed by atoms with E-state index in [0.717, 1.165) is 13.0 Å². The van der Waals surface area contributed by atoms with Gasteiger partial charge in [-0.2, -0.15) is 0 Å². The average molecular weight is 144 g/mol. The van der Waals surface area contributed by atoms with Crippen molar-refractivity contribution in [2.24, 2.45) is 0 Å². The van der Waals surface area contributed by atoms with Gasteiger partial charge in [0.1, 0.15) is 0 Å². The van der Waals surface area contributed by atoms with Crippen LogP contribution in [0.3, 0.4) is 0 Å². The summed E-state index contributed by atoms with van der Waals surface area (Å²) in [7, 11) is 1.73. The van der Waals surface area contributed by atoms with E-state index >= 15 is 0 Å². The second-order valence-electron chi connectivity index (χ2n) is 1.88. The minimum Gasteiger partial charge on any atom is -0.384 e. The topological polar surface area (TPSA) is 9.23 Å². The van der Waals surface area contributed by atoms with Gasteiger partial charge in [0.15, 0.2) is 0 Å². The Balaban J connectivity index is 0. The molecule has 0 aliphatic heterocycles. The first-order valence-electron chi connectivity index (χ1n) is 3.92. The summed E-state index contributed by atoms with van der Waals surface area (Å²) in [5.41, 5.74) is 1.40. The first kappa shape index (κ1) is 12.4. The standard InChI is InChI=1S/C7H14O.C2H6/c1-4-7(2)5-6-8-3;1-2/h4H,5-6H2,1-3H3;1-2H3/b7-4-;. The molecule has 0 aromatic rings. The average Bonchev–Trinajstić information content (AvgIpc) is 2.04. The van der Waals surface area contributed by atoms with Crippen molar-refractivity contribution in [3.63, 3.8) is 0 Å². The van der Waals surface area contributed by atoms with Gasteiger partial charge in [-0.15, -0.1) is 0 Å². The fraction of sp³-hybridized carbons (Fsp3) is 0.778. The van der Waals surface area contributed by atoms with Crippen LogP contribution >= 0.6 is 0 Å². The largest absolute Gasteiger partial charge is 0.384 e. The van der Waals surface area contributed by atoms with Crippen molar-refractivity contribution in [2.45, 2.75) is 34.1 Å². The quantitative estimate of drug-likeness (QED) is 0.553. The summed E-state index contributed by atoms with van der Waals surface area (Å²) in [6, 6.07) is 0. The van der Waals surface area contributed by atoms with E-state index in [4.69, 9.17) is 4.74 Å². The molecule has 0 aromatic heterocycles. The van der Waals surface area contributed by atoms with Crippen LogP contribution in [0.2, 0.25) is 0 Å². The van der Waals surface area contributed by atoms with Gasteiger partial charge < -0.3 is 4.74 Å². The van der Waals surface area contributed by atoms with E-state index in [1.165, 1.54) is 5.57 Å². The summed E-state index contributed by atoms with van der Waals surface area (Å²) < 4.78 is 4.87. The summed E-state index contributed by atoms with van der Waals surface area (Å²) in [4.78, 5) is 0. The van der Waals surface area contributed by atoms with Gasteiger partial charge in [-0.25, -0.2) is 0 Å². The molecule has 1 heteroatoms. The third-order valence-electron chi connectivity index (χ3n) is 1.19. The Morgan fingerprint density at radius 2 is 1.90 bits per heavy atom. The molecule has 0 radical (unpaired) electrons. The molecule has 0 saturated heterocycles. The van der Waals surface area contributed by atoms with E-state index in [0.29, 0.717) is 0 Å². The molecule has 0 amide bonds. The summed E-state index contributed by atoms with van der Waals surface area (Å²) in [5.74, 6) is 0. The van der Waals surface area contributed by atoms with Gasteiger partial charge in [0.25, 0.3) is 0 Å². The lowest BCUT2D eigenvalue weighted by Gasteiger charge is -1.96. The van der Waals surface area contributed by atoms with Crippen LogP contribution in [0.25, 0.3) is 0 Å². The van der Waals surface area contributed by atoms with Crippen LogP contribution < -0.4 is 0 Å². The van der Waals surface area contributed by atoms with E-state index in [1.807, 2.05) is 20.8 Å². The number of hydrogen-bond donors (Lipinski definition) is 0. The SMILES string of the molecule is C/C=C(/C)CCOC.CC. The predicted molar refractivity (Wildman–Crippen MR) is 47.3 cm³/mol. The summed E-state index contributed by atoms with van der Waals surface area (Å²) in [6.45, 7) is 9.00. The van der Waals surface area contributed by atoms with Gasteiger partial charge in [0.05, 0.1) is 0 Å². The molecular weight excluding hydrogens is 124 g/mol. The highest BCUT2D eigenvalue weighted by Crippen LogP contribution is 1.97. The Labute approximate surface area is 65.1 Å². The van der Waals surface area contributed by atoms with E-state index in [9.17, 15) is 0 Å². The highest BCUT2D eigenvalue weighted by molar-refractivity contribution is 4.94. The number of hydrogen-bond acceptors (Lipinski definition) is 1. The van der Waals surface area contributed by atoms with Gasteiger partial charge in [-0.1, -0.05) is 25.5 Å². The minimum absolute atomic E-state index is 0.843. The Morgan fingerprint density at radius 3 is 2.20 bits per heavy atom. The first-order chi connectivity index (χ1) is 4.81. The molecule has 0 fully saturated rings. The first-order valence-corrected chi connectivity index (χ1v) is 3.92. The van der Waals surface area contributed by atoms with Crippen molar-refractivity contribution in [1.29, 1.82) is 0 Å². The molecule has 0 bridgehead atoms. The van der Waals surface area contributed by atoms with Gasteiger partial charge in [-0.05, 0) is 20.3 Å². The zero-order valence-electron chi connectivity index (χ0n) is 7.90. The molecule has 0 N–H and O–H groups in total. The molecule has 10 heavy (non-hydrogen) atoms. The summed E-state index contributed by atoms with van der Waals surface area (Å²) >= 11 is 0. The maximum absolute atomic E-state index is 4.87. The second kappa shape index (κ2) is 11.5. The smallest absolute Gasteiger partial charge is 0.0499 e. The molecule has 0 aliphatic carbocycles. The fourth-order valence-corrected chi connectivity index (χ4v) is 0.407. The lowest BCUT2D eigenvalue weighted by molar-refractivity contribution is 0.202. The molecule has 0 aromatic carbocycles. The monoisotopic (exact) mass is 144 g/mol. The third kappa shape index (κ3) is 10.6. The van der Waals surface area contributed by atoms with Gasteiger partial charge in [0.2, 0.25) is 0 Å². The molecule has 0 aliphatic rings. The Bertz CT molecular complexity index is 74.8. The van der Waals surface area contributed by atoms with E-state index in [-0.39, 0.29) is 0 Å². The van der Waals surface area contributed by atoms with Crippen LogP contribution in [0.4, 0.5) is 0 Å². The van der Waals surface area contributed by atoms with Crippen molar-refractivity contribution in [1.82, 2.24) is 0 Å². The van der Waals surface area contributed by atoms with Crippen molar-refractivity contribution >= 4 is 0 Å². The number of methoxy groups -OCH3 is 1. The Hall–Kier alpha value is -0.300. The van der Waals surface area contributed by atoms with E-state index in [1.54, 1.807) is 7.11 Å². The number of rotatable bonds is 3. The van der Waals surface area contributed by atoms with Crippen LogP contribution in [0.15, 0.2) is 11.6 Å². The highest BCUT2D eigenvalue weighted by Gasteiger charge is 1.83. The molecular formula is C9H20O. The van der Waals surface area contributed by atoms with Gasteiger partial charge >= 0.3 is 0 Å². The zero-order chi connectivity index (χ0) is 8.41. The van der Waals surface area contributed by atoms with Crippen LogP contribution in [0.1, 0.15) is 34.1 Å². The number of allylic oxidation sites excluding steroid dienone is 1. The van der Waals surface area contributed by atoms with Crippen molar-refractivity contribution < 1.29 is 4.74 Å². The van der Waals surface area contributed by atoms with E-state index < -0.39 is 0 Å². The summed E-state index contributed by atoms with van der Waals surface area (Å²) in [5, 5.41) is 0. The van der Waals surface area contributed by atoms with Crippen LogP contribution in [-0.2, 0) is 4.74 Å². The molecule has 1 nitrogen and oxygen atoms in total. The van der Waals surface area contributed by atoms with Crippen LogP contribution in [0, 0.1) is 0 Å². The molecule has 0 heterocycles. The maximum atomic E-state index is 4.87. The zero-order valence-corrected chi connectivity index (χ0v) is 7.90. The minimum atomic E-state index is 0.843. The summed E-state index contributed by atoms with van der Waals surface area (Å²) in [6.07, 6.45) is 3.17. The number of ether oxygens (including phenoxy) is 1. The molecule has 0 rings (SSSR count). The lowest BCUT2D eigenvalue weighted by Crippen LogP contribution is -1.87. The maximum Gasteiger partial charge on any atom is 0.0499 e. The normalized spacial score (nSPS) is 10.3. The lowest BCUT2D eigenvalue weighted by atomic mass is 10.2. The van der Waals surface area contributed by atoms with Gasteiger partial charge in [0, 0.05) is 13.7 Å². The van der Waals surface area contributed by atoms with Crippen LogP contribution in [0.5, 0.6) is 0 Å². The molecule has 0 atom stereocenters. The van der Waals surface area contributed by atoms with Crippen molar-refractivity contribution in [3.05, 3.63) is 11.6 Å². The van der Waals surface area contributed by atoms with Crippen molar-refractivity contribution in [3.8, 4) is 0 Å². The van der Waals surface area contributed by atoms with E-state index in [2.05, 4.69) is 13.0 Å². The third-order valence-corrected chi connectivity index (χ3v) is 1.19. The molecule has 62 valence electrons. The second-order valence-corrected chi connectivity index (χ2v) is 1.88. The fourth-order valence-electron chi connectivity index (χ4n) is 0.407.